The monoisotopic (exact) mass is 155 g/mol. The first-order chi connectivity index (χ1) is 5.15. The van der Waals surface area contributed by atoms with Crippen LogP contribution in [0.4, 0.5) is 0 Å². The SMILES string of the molecule is CC[C@@H](C)[C@@H]1N=C(N)NC1=O. The molecule has 62 valence electrons. The number of amides is 1. The van der Waals surface area contributed by atoms with E-state index in [4.69, 9.17) is 5.73 Å². The Bertz CT molecular complexity index is 200. The van der Waals surface area contributed by atoms with Gasteiger partial charge in [0, 0.05) is 0 Å². The van der Waals surface area contributed by atoms with E-state index >= 15 is 0 Å². The van der Waals surface area contributed by atoms with Gasteiger partial charge in [0.2, 0.25) is 0 Å². The number of aliphatic imine (C=N–C) groups is 1. The summed E-state index contributed by atoms with van der Waals surface area (Å²) in [7, 11) is 0. The molecule has 2 atom stereocenters. The number of carbonyl (C=O) groups is 1. The van der Waals surface area contributed by atoms with Crippen molar-refractivity contribution in [3.63, 3.8) is 0 Å². The standard InChI is InChI=1S/C7H13N3O/c1-3-4(2)5-6(11)10-7(8)9-5/h4-5H,3H2,1-2H3,(H3,8,9,10,11)/t4-,5+/m1/s1. The fraction of sp³-hybridized carbons (Fsp3) is 0.714. The van der Waals surface area contributed by atoms with E-state index in [0.717, 1.165) is 6.42 Å². The van der Waals surface area contributed by atoms with Crippen LogP contribution in [0.2, 0.25) is 0 Å². The Morgan fingerprint density at radius 3 is 2.82 bits per heavy atom. The van der Waals surface area contributed by atoms with Crippen LogP contribution in [0, 0.1) is 5.92 Å². The lowest BCUT2D eigenvalue weighted by molar-refractivity contribution is -0.121. The lowest BCUT2D eigenvalue weighted by atomic mass is 10.00. The van der Waals surface area contributed by atoms with Crippen LogP contribution in [-0.2, 0) is 4.79 Å². The molecule has 0 aromatic rings. The third-order valence-corrected chi connectivity index (χ3v) is 1.98. The highest BCUT2D eigenvalue weighted by Gasteiger charge is 2.28. The van der Waals surface area contributed by atoms with Crippen LogP contribution >= 0.6 is 0 Å². The highest BCUT2D eigenvalue weighted by atomic mass is 16.2. The van der Waals surface area contributed by atoms with E-state index in [1.54, 1.807) is 0 Å². The Labute approximate surface area is 65.9 Å². The first-order valence-corrected chi connectivity index (χ1v) is 3.79. The number of rotatable bonds is 2. The summed E-state index contributed by atoms with van der Waals surface area (Å²) in [6, 6.07) is -0.264. The van der Waals surface area contributed by atoms with Crippen LogP contribution < -0.4 is 11.1 Å². The second kappa shape index (κ2) is 2.90. The Balaban J connectivity index is 2.65. The van der Waals surface area contributed by atoms with Crippen LogP contribution in [0.1, 0.15) is 20.3 Å². The second-order valence-electron chi connectivity index (χ2n) is 2.83. The van der Waals surface area contributed by atoms with Crippen LogP contribution in [0.3, 0.4) is 0 Å². The van der Waals surface area contributed by atoms with Crippen molar-refractivity contribution in [2.45, 2.75) is 26.3 Å². The molecule has 0 spiro atoms. The largest absolute Gasteiger partial charge is 0.370 e. The van der Waals surface area contributed by atoms with Gasteiger partial charge < -0.3 is 5.73 Å². The van der Waals surface area contributed by atoms with Crippen LogP contribution in [-0.4, -0.2) is 17.9 Å². The highest BCUT2D eigenvalue weighted by molar-refractivity contribution is 6.04. The zero-order valence-electron chi connectivity index (χ0n) is 6.79. The van der Waals surface area contributed by atoms with Gasteiger partial charge in [-0.1, -0.05) is 20.3 Å². The number of nitrogens with zero attached hydrogens (tertiary/aromatic N) is 1. The summed E-state index contributed by atoms with van der Waals surface area (Å²) >= 11 is 0. The molecule has 1 aliphatic heterocycles. The second-order valence-corrected chi connectivity index (χ2v) is 2.83. The van der Waals surface area contributed by atoms with E-state index in [9.17, 15) is 4.79 Å². The molecule has 0 saturated carbocycles. The predicted octanol–water partition coefficient (Wildman–Crippen LogP) is -0.154. The minimum Gasteiger partial charge on any atom is -0.370 e. The van der Waals surface area contributed by atoms with Gasteiger partial charge in [-0.15, -0.1) is 0 Å². The van der Waals surface area contributed by atoms with Crippen LogP contribution in [0.5, 0.6) is 0 Å². The molecule has 4 heteroatoms. The molecule has 1 aliphatic rings. The van der Waals surface area contributed by atoms with Gasteiger partial charge >= 0.3 is 0 Å². The van der Waals surface area contributed by atoms with Gasteiger partial charge in [0.05, 0.1) is 0 Å². The fourth-order valence-electron chi connectivity index (χ4n) is 1.05. The van der Waals surface area contributed by atoms with E-state index in [-0.39, 0.29) is 23.8 Å². The first kappa shape index (κ1) is 8.04. The van der Waals surface area contributed by atoms with Crippen molar-refractivity contribution in [2.75, 3.05) is 0 Å². The minimum atomic E-state index is -0.264. The number of nitrogens with two attached hydrogens (primary N) is 1. The number of guanidine groups is 1. The molecule has 0 saturated heterocycles. The lowest BCUT2D eigenvalue weighted by Crippen LogP contribution is -2.34. The lowest BCUT2D eigenvalue weighted by Gasteiger charge is -2.10. The van der Waals surface area contributed by atoms with Crippen molar-refractivity contribution in [3.8, 4) is 0 Å². The van der Waals surface area contributed by atoms with Crippen LogP contribution in [0.15, 0.2) is 4.99 Å². The Morgan fingerprint density at radius 2 is 2.45 bits per heavy atom. The molecule has 0 radical (unpaired) electrons. The number of nitrogens with one attached hydrogen (secondary N) is 1. The summed E-state index contributed by atoms with van der Waals surface area (Å²) in [6.07, 6.45) is 0.939. The topological polar surface area (TPSA) is 67.5 Å². The molecule has 0 aliphatic carbocycles. The summed E-state index contributed by atoms with van der Waals surface area (Å²) in [5, 5.41) is 2.47. The van der Waals surface area contributed by atoms with Crippen LogP contribution in [0.25, 0.3) is 0 Å². The molecule has 1 rings (SSSR count). The van der Waals surface area contributed by atoms with Crippen molar-refractivity contribution in [1.29, 1.82) is 0 Å². The van der Waals surface area contributed by atoms with Gasteiger partial charge in [0.15, 0.2) is 5.96 Å². The Hall–Kier alpha value is -1.06. The maximum Gasteiger partial charge on any atom is 0.251 e. The smallest absolute Gasteiger partial charge is 0.251 e. The summed E-state index contributed by atoms with van der Waals surface area (Å²) < 4.78 is 0. The van der Waals surface area contributed by atoms with E-state index in [1.807, 2.05) is 13.8 Å². The highest BCUT2D eigenvalue weighted by Crippen LogP contribution is 2.13. The first-order valence-electron chi connectivity index (χ1n) is 3.79. The molecule has 1 heterocycles. The summed E-state index contributed by atoms with van der Waals surface area (Å²) in [5.74, 6) is 0.452. The third kappa shape index (κ3) is 1.50. The van der Waals surface area contributed by atoms with E-state index in [1.165, 1.54) is 0 Å². The Kier molecular flexibility index (Phi) is 2.12. The third-order valence-electron chi connectivity index (χ3n) is 1.98. The molecule has 0 unspecified atom stereocenters. The van der Waals surface area contributed by atoms with Crippen molar-refractivity contribution in [1.82, 2.24) is 5.32 Å². The van der Waals surface area contributed by atoms with Gasteiger partial charge in [-0.05, 0) is 5.92 Å². The van der Waals surface area contributed by atoms with Gasteiger partial charge in [-0.3, -0.25) is 10.1 Å². The van der Waals surface area contributed by atoms with Gasteiger partial charge in [0.25, 0.3) is 5.91 Å². The zero-order chi connectivity index (χ0) is 8.43. The molecule has 3 N–H and O–H groups in total. The zero-order valence-corrected chi connectivity index (χ0v) is 6.79. The van der Waals surface area contributed by atoms with Crippen molar-refractivity contribution in [3.05, 3.63) is 0 Å². The molecule has 0 bridgehead atoms. The molecule has 4 nitrogen and oxygen atoms in total. The van der Waals surface area contributed by atoms with E-state index in [0.29, 0.717) is 0 Å². The quantitative estimate of drug-likeness (QED) is 0.582. The fourth-order valence-corrected chi connectivity index (χ4v) is 1.05. The van der Waals surface area contributed by atoms with Gasteiger partial charge in [-0.2, -0.15) is 0 Å². The van der Waals surface area contributed by atoms with Crippen molar-refractivity contribution >= 4 is 11.9 Å². The maximum atomic E-state index is 11.1. The van der Waals surface area contributed by atoms with E-state index in [2.05, 4.69) is 10.3 Å². The Morgan fingerprint density at radius 1 is 1.82 bits per heavy atom. The summed E-state index contributed by atoms with van der Waals surface area (Å²) in [5.41, 5.74) is 5.33. The van der Waals surface area contributed by atoms with Gasteiger partial charge in [-0.25, -0.2) is 4.99 Å². The average Bonchev–Trinajstić information content (AvgIpc) is 2.28. The number of hydrogen-bond donors (Lipinski definition) is 2. The number of hydrogen-bond acceptors (Lipinski definition) is 3. The minimum absolute atomic E-state index is 0.0724. The average molecular weight is 155 g/mol. The summed E-state index contributed by atoms with van der Waals surface area (Å²) in [4.78, 5) is 15.1. The van der Waals surface area contributed by atoms with E-state index < -0.39 is 0 Å². The molecular formula is C7H13N3O. The van der Waals surface area contributed by atoms with Crippen molar-refractivity contribution in [2.24, 2.45) is 16.6 Å². The molecule has 11 heavy (non-hydrogen) atoms. The molecular weight excluding hydrogens is 142 g/mol. The normalized spacial score (nSPS) is 26.2. The van der Waals surface area contributed by atoms with Crippen molar-refractivity contribution < 1.29 is 4.79 Å². The predicted molar refractivity (Wildman–Crippen MR) is 43.0 cm³/mol. The molecule has 0 aromatic carbocycles. The molecule has 0 fully saturated rings. The maximum absolute atomic E-state index is 11.1. The molecule has 1 amide bonds. The molecule has 0 aromatic heterocycles. The summed E-state index contributed by atoms with van der Waals surface area (Å²) in [6.45, 7) is 4.02. The number of carbonyl (C=O) groups excluding carboxylic acids is 1. The van der Waals surface area contributed by atoms with Gasteiger partial charge in [0.1, 0.15) is 6.04 Å².